The summed E-state index contributed by atoms with van der Waals surface area (Å²) in [4.78, 5) is 25.0. The normalized spacial score (nSPS) is 10.5. The molecule has 0 atom stereocenters. The van der Waals surface area contributed by atoms with Gasteiger partial charge in [0.05, 0.1) is 11.1 Å². The number of carbonyl (C=O) groups excluding carboxylic acids is 2. The van der Waals surface area contributed by atoms with Crippen molar-refractivity contribution in [3.8, 4) is 17.2 Å². The fourth-order valence-corrected chi connectivity index (χ4v) is 2.43. The summed E-state index contributed by atoms with van der Waals surface area (Å²) in [6, 6.07) is 9.44. The Kier molecular flexibility index (Phi) is 6.10. The number of ether oxygens (including phenoxy) is 2. The molecule has 0 unspecified atom stereocenters. The predicted molar refractivity (Wildman–Crippen MR) is 100 cm³/mol. The summed E-state index contributed by atoms with van der Waals surface area (Å²) >= 11 is 6.24. The van der Waals surface area contributed by atoms with E-state index in [-0.39, 0.29) is 22.6 Å². The number of benzene rings is 2. The maximum atomic E-state index is 12.0. The Morgan fingerprint density at radius 1 is 1.04 bits per heavy atom. The predicted octanol–water partition coefficient (Wildman–Crippen LogP) is 3.72. The zero-order valence-electron chi connectivity index (χ0n) is 15.1. The molecule has 0 spiro atoms. The second-order valence-electron chi connectivity index (χ2n) is 6.17. The van der Waals surface area contributed by atoms with Crippen LogP contribution in [0.1, 0.15) is 34.6 Å². The average Bonchev–Trinajstić information content (AvgIpc) is 2.55. The van der Waals surface area contributed by atoms with Crippen molar-refractivity contribution in [1.29, 1.82) is 0 Å². The molecule has 0 fully saturated rings. The molecule has 6 nitrogen and oxygen atoms in total. The third-order valence-corrected chi connectivity index (χ3v) is 3.64. The minimum atomic E-state index is -0.595. The number of amides is 2. The van der Waals surface area contributed by atoms with Crippen LogP contribution in [-0.4, -0.2) is 36.9 Å². The number of primary amides is 1. The van der Waals surface area contributed by atoms with E-state index < -0.39 is 5.91 Å². The highest BCUT2D eigenvalue weighted by atomic mass is 35.5. The van der Waals surface area contributed by atoms with Gasteiger partial charge < -0.3 is 20.1 Å². The Hall–Kier alpha value is -2.73. The molecule has 0 radical (unpaired) electrons. The first-order valence-corrected chi connectivity index (χ1v) is 8.35. The van der Waals surface area contributed by atoms with Gasteiger partial charge in [-0.05, 0) is 44.2 Å². The standard InChI is InChI=1S/C19H21ClN2O4/c1-11(2)25-14-7-13(18(21)23)8-15(10-14)26-17-6-5-12(9-16(17)20)19(24)22(3)4/h5-11H,1-4H3,(H2,21,23). The van der Waals surface area contributed by atoms with E-state index in [0.717, 1.165) is 0 Å². The van der Waals surface area contributed by atoms with Crippen LogP contribution in [-0.2, 0) is 0 Å². The Morgan fingerprint density at radius 3 is 2.23 bits per heavy atom. The van der Waals surface area contributed by atoms with Gasteiger partial charge in [-0.15, -0.1) is 0 Å². The first-order valence-electron chi connectivity index (χ1n) is 7.98. The van der Waals surface area contributed by atoms with Gasteiger partial charge in [0.1, 0.15) is 17.2 Å². The van der Waals surface area contributed by atoms with Crippen LogP contribution in [0.2, 0.25) is 5.02 Å². The first kappa shape index (κ1) is 19.6. The van der Waals surface area contributed by atoms with E-state index in [1.54, 1.807) is 38.4 Å². The Labute approximate surface area is 157 Å². The third kappa shape index (κ3) is 4.89. The number of halogens is 1. The molecule has 2 aromatic carbocycles. The lowest BCUT2D eigenvalue weighted by molar-refractivity contribution is 0.0827. The zero-order valence-corrected chi connectivity index (χ0v) is 15.8. The van der Waals surface area contributed by atoms with Crippen molar-refractivity contribution in [2.75, 3.05) is 14.1 Å². The summed E-state index contributed by atoms with van der Waals surface area (Å²) in [5.41, 5.74) is 6.07. The van der Waals surface area contributed by atoms with Crippen LogP contribution in [0.4, 0.5) is 0 Å². The quantitative estimate of drug-likeness (QED) is 0.832. The molecule has 2 aromatic rings. The molecule has 0 bridgehead atoms. The number of nitrogens with two attached hydrogens (primary N) is 1. The molecule has 0 aliphatic carbocycles. The molecule has 2 amide bonds. The molecule has 0 aliphatic rings. The van der Waals surface area contributed by atoms with Crippen LogP contribution in [0.3, 0.4) is 0 Å². The molecular formula is C19H21ClN2O4. The van der Waals surface area contributed by atoms with Crippen molar-refractivity contribution in [3.05, 3.63) is 52.5 Å². The lowest BCUT2D eigenvalue weighted by Gasteiger charge is -2.15. The second kappa shape index (κ2) is 8.10. The smallest absolute Gasteiger partial charge is 0.253 e. The third-order valence-electron chi connectivity index (χ3n) is 3.35. The van der Waals surface area contributed by atoms with Crippen molar-refractivity contribution >= 4 is 23.4 Å². The second-order valence-corrected chi connectivity index (χ2v) is 6.58. The molecule has 2 rings (SSSR count). The minimum Gasteiger partial charge on any atom is -0.491 e. The largest absolute Gasteiger partial charge is 0.491 e. The van der Waals surface area contributed by atoms with Gasteiger partial charge in [0.15, 0.2) is 0 Å². The molecule has 2 N–H and O–H groups in total. The topological polar surface area (TPSA) is 81.9 Å². The van der Waals surface area contributed by atoms with E-state index in [0.29, 0.717) is 22.8 Å². The van der Waals surface area contributed by atoms with Crippen molar-refractivity contribution in [3.63, 3.8) is 0 Å². The minimum absolute atomic E-state index is 0.0779. The van der Waals surface area contributed by atoms with E-state index in [1.165, 1.54) is 17.0 Å². The number of hydrogen-bond acceptors (Lipinski definition) is 4. The number of rotatable bonds is 6. The molecule has 0 aliphatic heterocycles. The van der Waals surface area contributed by atoms with Gasteiger partial charge in [-0.25, -0.2) is 0 Å². The summed E-state index contributed by atoms with van der Waals surface area (Å²) < 4.78 is 11.4. The Balaban J connectivity index is 2.34. The maximum absolute atomic E-state index is 12.0. The summed E-state index contributed by atoms with van der Waals surface area (Å²) in [5.74, 6) is 0.398. The molecular weight excluding hydrogens is 356 g/mol. The SMILES string of the molecule is CC(C)Oc1cc(Oc2ccc(C(=O)N(C)C)cc2Cl)cc(C(N)=O)c1. The molecule has 7 heteroatoms. The molecule has 0 aromatic heterocycles. The van der Waals surface area contributed by atoms with E-state index >= 15 is 0 Å². The Bertz CT molecular complexity index is 834. The highest BCUT2D eigenvalue weighted by Gasteiger charge is 2.14. The number of carbonyl (C=O) groups is 2. The van der Waals surface area contributed by atoms with Gasteiger partial charge in [-0.3, -0.25) is 9.59 Å². The summed E-state index contributed by atoms with van der Waals surface area (Å²) in [6.07, 6.45) is -0.0779. The fourth-order valence-electron chi connectivity index (χ4n) is 2.21. The number of nitrogens with zero attached hydrogens (tertiary/aromatic N) is 1. The van der Waals surface area contributed by atoms with Crippen LogP contribution < -0.4 is 15.2 Å². The van der Waals surface area contributed by atoms with Gasteiger partial charge in [-0.2, -0.15) is 0 Å². The van der Waals surface area contributed by atoms with Crippen LogP contribution in [0, 0.1) is 0 Å². The van der Waals surface area contributed by atoms with Crippen molar-refractivity contribution in [2.45, 2.75) is 20.0 Å². The molecule has 138 valence electrons. The van der Waals surface area contributed by atoms with E-state index in [9.17, 15) is 9.59 Å². The van der Waals surface area contributed by atoms with Crippen molar-refractivity contribution in [1.82, 2.24) is 4.90 Å². The average molecular weight is 377 g/mol. The van der Waals surface area contributed by atoms with Gasteiger partial charge in [0.2, 0.25) is 5.91 Å². The van der Waals surface area contributed by atoms with Crippen LogP contribution in [0.15, 0.2) is 36.4 Å². The van der Waals surface area contributed by atoms with Crippen molar-refractivity contribution in [2.24, 2.45) is 5.73 Å². The van der Waals surface area contributed by atoms with E-state index in [4.69, 9.17) is 26.8 Å². The molecule has 0 saturated heterocycles. The summed E-state index contributed by atoms with van der Waals surface area (Å²) in [7, 11) is 3.32. The van der Waals surface area contributed by atoms with Crippen LogP contribution >= 0.6 is 11.6 Å². The fraction of sp³-hybridized carbons (Fsp3) is 0.263. The monoisotopic (exact) mass is 376 g/mol. The Morgan fingerprint density at radius 2 is 1.69 bits per heavy atom. The lowest BCUT2D eigenvalue weighted by atomic mass is 10.1. The van der Waals surface area contributed by atoms with Crippen LogP contribution in [0.25, 0.3) is 0 Å². The van der Waals surface area contributed by atoms with E-state index in [2.05, 4.69) is 0 Å². The molecule has 26 heavy (non-hydrogen) atoms. The maximum Gasteiger partial charge on any atom is 0.253 e. The number of hydrogen-bond donors (Lipinski definition) is 1. The van der Waals surface area contributed by atoms with Gasteiger partial charge in [-0.1, -0.05) is 11.6 Å². The summed E-state index contributed by atoms with van der Waals surface area (Å²) in [5, 5.41) is 0.272. The van der Waals surface area contributed by atoms with Crippen molar-refractivity contribution < 1.29 is 19.1 Å². The van der Waals surface area contributed by atoms with E-state index in [1.807, 2.05) is 13.8 Å². The zero-order chi connectivity index (χ0) is 19.4. The first-order chi connectivity index (χ1) is 12.2. The highest BCUT2D eigenvalue weighted by Crippen LogP contribution is 2.33. The van der Waals surface area contributed by atoms with Gasteiger partial charge in [0, 0.05) is 31.3 Å². The summed E-state index contributed by atoms with van der Waals surface area (Å²) in [6.45, 7) is 3.74. The van der Waals surface area contributed by atoms with Gasteiger partial charge in [0.25, 0.3) is 5.91 Å². The molecule has 0 saturated carbocycles. The van der Waals surface area contributed by atoms with Gasteiger partial charge >= 0.3 is 0 Å². The highest BCUT2D eigenvalue weighted by molar-refractivity contribution is 6.32. The lowest BCUT2D eigenvalue weighted by Crippen LogP contribution is -2.21. The molecule has 0 heterocycles. The van der Waals surface area contributed by atoms with Crippen LogP contribution in [0.5, 0.6) is 17.2 Å².